The standard InChI is InChI=1S/C18H22N2O3/c1-3-23-16-11-9-15(10-12-16)20-17(21)19-13-18(2,22)14-7-5-4-6-8-14/h4-12,22H,3,13H2,1-2H3,(H2,19,20,21)/t18-/m0/s1. The van der Waals surface area contributed by atoms with E-state index in [2.05, 4.69) is 10.6 Å². The Balaban J connectivity index is 1.87. The van der Waals surface area contributed by atoms with Crippen LogP contribution >= 0.6 is 0 Å². The summed E-state index contributed by atoms with van der Waals surface area (Å²) in [5.41, 5.74) is 0.281. The van der Waals surface area contributed by atoms with Crippen molar-refractivity contribution in [3.05, 3.63) is 60.2 Å². The second-order valence-corrected chi connectivity index (χ2v) is 5.40. The van der Waals surface area contributed by atoms with Gasteiger partial charge in [0, 0.05) is 5.69 Å². The third-order valence-electron chi connectivity index (χ3n) is 3.41. The van der Waals surface area contributed by atoms with Crippen molar-refractivity contribution in [2.75, 3.05) is 18.5 Å². The smallest absolute Gasteiger partial charge is 0.319 e. The summed E-state index contributed by atoms with van der Waals surface area (Å²) < 4.78 is 5.35. The highest BCUT2D eigenvalue weighted by Gasteiger charge is 2.23. The maximum atomic E-state index is 11.9. The van der Waals surface area contributed by atoms with E-state index in [0.717, 1.165) is 11.3 Å². The van der Waals surface area contributed by atoms with Crippen LogP contribution in [-0.2, 0) is 5.60 Å². The van der Waals surface area contributed by atoms with Gasteiger partial charge in [-0.05, 0) is 43.7 Å². The molecule has 0 aliphatic rings. The molecule has 2 aromatic rings. The molecule has 2 rings (SSSR count). The number of rotatable bonds is 6. The van der Waals surface area contributed by atoms with Gasteiger partial charge in [-0.1, -0.05) is 30.3 Å². The van der Waals surface area contributed by atoms with E-state index in [1.807, 2.05) is 37.3 Å². The van der Waals surface area contributed by atoms with Crippen LogP contribution in [0.1, 0.15) is 19.4 Å². The monoisotopic (exact) mass is 314 g/mol. The van der Waals surface area contributed by atoms with E-state index < -0.39 is 5.60 Å². The van der Waals surface area contributed by atoms with Gasteiger partial charge in [0.15, 0.2) is 0 Å². The van der Waals surface area contributed by atoms with Crippen LogP contribution in [0.25, 0.3) is 0 Å². The Morgan fingerprint density at radius 1 is 1.13 bits per heavy atom. The van der Waals surface area contributed by atoms with Gasteiger partial charge in [0.2, 0.25) is 0 Å². The van der Waals surface area contributed by atoms with Gasteiger partial charge in [0.25, 0.3) is 0 Å². The third kappa shape index (κ3) is 5.00. The van der Waals surface area contributed by atoms with Crippen molar-refractivity contribution in [2.45, 2.75) is 19.4 Å². The molecule has 0 saturated carbocycles. The lowest BCUT2D eigenvalue weighted by Crippen LogP contribution is -2.40. The molecule has 0 heterocycles. The van der Waals surface area contributed by atoms with Gasteiger partial charge in [-0.15, -0.1) is 0 Å². The van der Waals surface area contributed by atoms with Crippen LogP contribution in [0.4, 0.5) is 10.5 Å². The van der Waals surface area contributed by atoms with Crippen LogP contribution in [0.3, 0.4) is 0 Å². The number of anilines is 1. The fraction of sp³-hybridized carbons (Fsp3) is 0.278. The Hall–Kier alpha value is -2.53. The fourth-order valence-corrected chi connectivity index (χ4v) is 2.13. The van der Waals surface area contributed by atoms with Crippen LogP contribution in [0.5, 0.6) is 5.75 Å². The Morgan fingerprint density at radius 3 is 2.39 bits per heavy atom. The van der Waals surface area contributed by atoms with Gasteiger partial charge < -0.3 is 20.5 Å². The molecule has 2 amide bonds. The molecule has 0 aromatic heterocycles. The maximum absolute atomic E-state index is 11.9. The lowest BCUT2D eigenvalue weighted by atomic mass is 9.96. The molecule has 5 heteroatoms. The molecule has 0 aliphatic carbocycles. The molecule has 3 N–H and O–H groups in total. The molecular weight excluding hydrogens is 292 g/mol. The first-order valence-electron chi connectivity index (χ1n) is 7.57. The summed E-state index contributed by atoms with van der Waals surface area (Å²) in [6, 6.07) is 16.0. The number of urea groups is 1. The minimum atomic E-state index is -1.13. The number of amides is 2. The summed E-state index contributed by atoms with van der Waals surface area (Å²) in [7, 11) is 0. The summed E-state index contributed by atoms with van der Waals surface area (Å²) in [4.78, 5) is 11.9. The predicted molar refractivity (Wildman–Crippen MR) is 90.6 cm³/mol. The summed E-state index contributed by atoms with van der Waals surface area (Å²) in [5, 5.41) is 15.8. The largest absolute Gasteiger partial charge is 0.494 e. The summed E-state index contributed by atoms with van der Waals surface area (Å²) in [6.45, 7) is 4.29. The van der Waals surface area contributed by atoms with Crippen LogP contribution in [0.2, 0.25) is 0 Å². The SMILES string of the molecule is CCOc1ccc(NC(=O)NC[C@](C)(O)c2ccccc2)cc1. The lowest BCUT2D eigenvalue weighted by Gasteiger charge is -2.24. The van der Waals surface area contributed by atoms with Crippen molar-refractivity contribution in [3.63, 3.8) is 0 Å². The number of carbonyl (C=O) groups excluding carboxylic acids is 1. The number of aliphatic hydroxyl groups is 1. The molecule has 5 nitrogen and oxygen atoms in total. The van der Waals surface area contributed by atoms with Crippen molar-refractivity contribution in [1.29, 1.82) is 0 Å². The van der Waals surface area contributed by atoms with Gasteiger partial charge in [-0.25, -0.2) is 4.79 Å². The fourth-order valence-electron chi connectivity index (χ4n) is 2.13. The average molecular weight is 314 g/mol. The van der Waals surface area contributed by atoms with E-state index in [-0.39, 0.29) is 12.6 Å². The van der Waals surface area contributed by atoms with E-state index in [1.54, 1.807) is 31.2 Å². The Labute approximate surface area is 136 Å². The summed E-state index contributed by atoms with van der Waals surface area (Å²) >= 11 is 0. The first kappa shape index (κ1) is 16.8. The molecule has 0 bridgehead atoms. The van der Waals surface area contributed by atoms with E-state index in [4.69, 9.17) is 4.74 Å². The van der Waals surface area contributed by atoms with E-state index in [9.17, 15) is 9.90 Å². The van der Waals surface area contributed by atoms with Gasteiger partial charge in [-0.3, -0.25) is 0 Å². The molecular formula is C18H22N2O3. The molecule has 0 spiro atoms. The van der Waals surface area contributed by atoms with Crippen LogP contribution in [-0.4, -0.2) is 24.3 Å². The molecule has 0 aliphatic heterocycles. The third-order valence-corrected chi connectivity index (χ3v) is 3.41. The van der Waals surface area contributed by atoms with Crippen molar-refractivity contribution >= 4 is 11.7 Å². The zero-order valence-corrected chi connectivity index (χ0v) is 13.4. The van der Waals surface area contributed by atoms with Crippen molar-refractivity contribution in [2.24, 2.45) is 0 Å². The van der Waals surface area contributed by atoms with E-state index >= 15 is 0 Å². The number of nitrogens with one attached hydrogen (secondary N) is 2. The zero-order chi connectivity index (χ0) is 16.7. The van der Waals surface area contributed by atoms with E-state index in [0.29, 0.717) is 12.3 Å². The number of hydrogen-bond donors (Lipinski definition) is 3. The van der Waals surface area contributed by atoms with Gasteiger partial charge in [0.05, 0.1) is 13.2 Å². The van der Waals surface area contributed by atoms with Crippen molar-refractivity contribution < 1.29 is 14.6 Å². The topological polar surface area (TPSA) is 70.6 Å². The van der Waals surface area contributed by atoms with Gasteiger partial charge >= 0.3 is 6.03 Å². The van der Waals surface area contributed by atoms with Crippen molar-refractivity contribution in [3.8, 4) is 5.75 Å². The van der Waals surface area contributed by atoms with E-state index in [1.165, 1.54) is 0 Å². The minimum absolute atomic E-state index is 0.111. The zero-order valence-electron chi connectivity index (χ0n) is 13.4. The van der Waals surface area contributed by atoms with Gasteiger partial charge in [0.1, 0.15) is 11.4 Å². The number of hydrogen-bond acceptors (Lipinski definition) is 3. The average Bonchev–Trinajstić information content (AvgIpc) is 2.56. The quantitative estimate of drug-likeness (QED) is 0.767. The lowest BCUT2D eigenvalue weighted by molar-refractivity contribution is 0.0599. The Morgan fingerprint density at radius 2 is 1.78 bits per heavy atom. The minimum Gasteiger partial charge on any atom is -0.494 e. The maximum Gasteiger partial charge on any atom is 0.319 e. The highest BCUT2D eigenvalue weighted by Crippen LogP contribution is 2.19. The first-order chi connectivity index (χ1) is 11.0. The molecule has 0 unspecified atom stereocenters. The normalized spacial score (nSPS) is 13.0. The van der Waals surface area contributed by atoms with Crippen LogP contribution in [0, 0.1) is 0 Å². The summed E-state index contributed by atoms with van der Waals surface area (Å²) in [5.74, 6) is 0.755. The second-order valence-electron chi connectivity index (χ2n) is 5.40. The molecule has 1 atom stereocenters. The number of benzene rings is 2. The second kappa shape index (κ2) is 7.65. The Kier molecular flexibility index (Phi) is 5.60. The molecule has 0 saturated heterocycles. The number of carbonyl (C=O) groups is 1. The van der Waals surface area contributed by atoms with Gasteiger partial charge in [-0.2, -0.15) is 0 Å². The molecule has 2 aromatic carbocycles. The molecule has 122 valence electrons. The predicted octanol–water partition coefficient (Wildman–Crippen LogP) is 3.11. The van der Waals surface area contributed by atoms with Crippen LogP contribution in [0.15, 0.2) is 54.6 Å². The van der Waals surface area contributed by atoms with Crippen LogP contribution < -0.4 is 15.4 Å². The molecule has 0 fully saturated rings. The Bertz CT molecular complexity index is 624. The molecule has 0 radical (unpaired) electrons. The highest BCUT2D eigenvalue weighted by atomic mass is 16.5. The highest BCUT2D eigenvalue weighted by molar-refractivity contribution is 5.89. The molecule has 23 heavy (non-hydrogen) atoms. The van der Waals surface area contributed by atoms with Crippen molar-refractivity contribution in [1.82, 2.24) is 5.32 Å². The summed E-state index contributed by atoms with van der Waals surface area (Å²) in [6.07, 6.45) is 0. The first-order valence-corrected chi connectivity index (χ1v) is 7.57. The number of ether oxygens (including phenoxy) is 1.